The largest absolute Gasteiger partial charge is 0.255 e. The van der Waals surface area contributed by atoms with E-state index in [2.05, 4.69) is 27.0 Å². The van der Waals surface area contributed by atoms with E-state index in [0.717, 1.165) is 15.4 Å². The lowest BCUT2D eigenvalue weighted by atomic mass is 10.2. The molecule has 0 fully saturated rings. The highest BCUT2D eigenvalue weighted by Crippen LogP contribution is 2.22. The van der Waals surface area contributed by atoms with Crippen molar-refractivity contribution in [2.75, 3.05) is 0 Å². The van der Waals surface area contributed by atoms with Crippen LogP contribution >= 0.6 is 15.9 Å². The summed E-state index contributed by atoms with van der Waals surface area (Å²) in [4.78, 5) is 4.16. The molecular formula is C10H5BrN2. The minimum absolute atomic E-state index is 0.583. The molecule has 0 atom stereocenters. The van der Waals surface area contributed by atoms with Crippen LogP contribution in [-0.4, -0.2) is 4.98 Å². The molecule has 0 bridgehead atoms. The molecule has 2 aromatic rings. The molecule has 0 aliphatic carbocycles. The van der Waals surface area contributed by atoms with Gasteiger partial charge in [-0.05, 0) is 18.2 Å². The van der Waals surface area contributed by atoms with E-state index in [0.29, 0.717) is 5.56 Å². The lowest BCUT2D eigenvalue weighted by Gasteiger charge is -1.98. The highest BCUT2D eigenvalue weighted by molar-refractivity contribution is 9.10. The first kappa shape index (κ1) is 8.21. The third-order valence-corrected chi connectivity index (χ3v) is 2.49. The van der Waals surface area contributed by atoms with Gasteiger partial charge in [0.1, 0.15) is 6.07 Å². The molecule has 0 N–H and O–H groups in total. The van der Waals surface area contributed by atoms with Crippen molar-refractivity contribution in [1.29, 1.82) is 5.26 Å². The Labute approximate surface area is 84.0 Å². The monoisotopic (exact) mass is 232 g/mol. The Kier molecular flexibility index (Phi) is 1.99. The predicted molar refractivity (Wildman–Crippen MR) is 54.2 cm³/mol. The van der Waals surface area contributed by atoms with Crippen LogP contribution in [0.15, 0.2) is 34.9 Å². The van der Waals surface area contributed by atoms with Crippen LogP contribution < -0.4 is 0 Å². The number of nitriles is 1. The third kappa shape index (κ3) is 1.41. The molecule has 2 rings (SSSR count). The lowest BCUT2D eigenvalue weighted by Crippen LogP contribution is -1.82. The Bertz CT molecular complexity index is 500. The Morgan fingerprint density at radius 1 is 1.38 bits per heavy atom. The van der Waals surface area contributed by atoms with Crippen molar-refractivity contribution in [3.8, 4) is 6.07 Å². The molecule has 0 aliphatic heterocycles. The predicted octanol–water partition coefficient (Wildman–Crippen LogP) is 2.87. The normalized spacial score (nSPS) is 9.85. The van der Waals surface area contributed by atoms with Crippen LogP contribution in [0.5, 0.6) is 0 Å². The van der Waals surface area contributed by atoms with Crippen LogP contribution in [0.25, 0.3) is 10.9 Å². The highest BCUT2D eigenvalue weighted by Gasteiger charge is 1.99. The standard InChI is InChI=1S/C10H5BrN2/c11-9-2-1-3-10-8(9)4-7(5-12)6-13-10/h1-4,6H. The molecule has 0 radical (unpaired) electrons. The van der Waals surface area contributed by atoms with Crippen molar-refractivity contribution in [2.24, 2.45) is 0 Å². The smallest absolute Gasteiger partial charge is 0.101 e. The van der Waals surface area contributed by atoms with Crippen molar-refractivity contribution < 1.29 is 0 Å². The number of hydrogen-bond donors (Lipinski definition) is 0. The number of pyridine rings is 1. The summed E-state index contributed by atoms with van der Waals surface area (Å²) < 4.78 is 0.967. The van der Waals surface area contributed by atoms with Crippen LogP contribution in [0.2, 0.25) is 0 Å². The van der Waals surface area contributed by atoms with E-state index < -0.39 is 0 Å². The Balaban J connectivity index is 2.84. The summed E-state index contributed by atoms with van der Waals surface area (Å²) in [6.07, 6.45) is 1.58. The summed E-state index contributed by atoms with van der Waals surface area (Å²) in [5.74, 6) is 0. The van der Waals surface area contributed by atoms with E-state index in [1.807, 2.05) is 24.3 Å². The minimum Gasteiger partial charge on any atom is -0.255 e. The van der Waals surface area contributed by atoms with E-state index in [1.165, 1.54) is 0 Å². The summed E-state index contributed by atoms with van der Waals surface area (Å²) in [6.45, 7) is 0. The lowest BCUT2D eigenvalue weighted by molar-refractivity contribution is 1.37. The van der Waals surface area contributed by atoms with Gasteiger partial charge in [0, 0.05) is 16.1 Å². The maximum Gasteiger partial charge on any atom is 0.101 e. The molecule has 3 heteroatoms. The molecule has 2 nitrogen and oxygen atoms in total. The maximum absolute atomic E-state index is 8.68. The molecule has 0 amide bonds. The quantitative estimate of drug-likeness (QED) is 0.701. The first-order valence-corrected chi connectivity index (χ1v) is 4.55. The Morgan fingerprint density at radius 3 is 3.00 bits per heavy atom. The highest BCUT2D eigenvalue weighted by atomic mass is 79.9. The van der Waals surface area contributed by atoms with Crippen LogP contribution in [0.4, 0.5) is 0 Å². The topological polar surface area (TPSA) is 36.7 Å². The number of nitrogens with zero attached hydrogens (tertiary/aromatic N) is 2. The van der Waals surface area contributed by atoms with Gasteiger partial charge in [0.15, 0.2) is 0 Å². The van der Waals surface area contributed by atoms with Gasteiger partial charge >= 0.3 is 0 Å². The molecule has 0 spiro atoms. The zero-order valence-electron chi connectivity index (χ0n) is 6.66. The van der Waals surface area contributed by atoms with Gasteiger partial charge in [-0.25, -0.2) is 0 Å². The number of halogens is 1. The van der Waals surface area contributed by atoms with Crippen molar-refractivity contribution in [2.45, 2.75) is 0 Å². The molecule has 62 valence electrons. The van der Waals surface area contributed by atoms with E-state index in [1.54, 1.807) is 6.20 Å². The van der Waals surface area contributed by atoms with Crippen molar-refractivity contribution in [3.05, 3.63) is 40.5 Å². The van der Waals surface area contributed by atoms with E-state index in [9.17, 15) is 0 Å². The Morgan fingerprint density at radius 2 is 2.23 bits per heavy atom. The molecular weight excluding hydrogens is 228 g/mol. The summed E-state index contributed by atoms with van der Waals surface area (Å²) in [5.41, 5.74) is 1.48. The van der Waals surface area contributed by atoms with Gasteiger partial charge in [-0.3, -0.25) is 4.98 Å². The van der Waals surface area contributed by atoms with E-state index >= 15 is 0 Å². The summed E-state index contributed by atoms with van der Waals surface area (Å²) in [6, 6.07) is 9.66. The Hall–Kier alpha value is -1.40. The van der Waals surface area contributed by atoms with Gasteiger partial charge in [0.05, 0.1) is 11.1 Å². The number of rotatable bonds is 0. The van der Waals surface area contributed by atoms with Gasteiger partial charge in [-0.2, -0.15) is 5.26 Å². The number of hydrogen-bond acceptors (Lipinski definition) is 2. The van der Waals surface area contributed by atoms with Crippen LogP contribution in [-0.2, 0) is 0 Å². The second kappa shape index (κ2) is 3.15. The molecule has 13 heavy (non-hydrogen) atoms. The molecule has 1 aromatic heterocycles. The molecule has 0 saturated carbocycles. The van der Waals surface area contributed by atoms with Crippen LogP contribution in [0, 0.1) is 11.3 Å². The summed E-state index contributed by atoms with van der Waals surface area (Å²) >= 11 is 3.41. The van der Waals surface area contributed by atoms with Gasteiger partial charge in [-0.1, -0.05) is 22.0 Å². The van der Waals surface area contributed by atoms with Gasteiger partial charge in [-0.15, -0.1) is 0 Å². The van der Waals surface area contributed by atoms with E-state index in [4.69, 9.17) is 5.26 Å². The zero-order valence-corrected chi connectivity index (χ0v) is 8.25. The average molecular weight is 233 g/mol. The number of aromatic nitrogens is 1. The summed E-state index contributed by atoms with van der Waals surface area (Å²) in [5, 5.41) is 9.66. The maximum atomic E-state index is 8.68. The van der Waals surface area contributed by atoms with Crippen LogP contribution in [0.3, 0.4) is 0 Å². The van der Waals surface area contributed by atoms with Gasteiger partial charge < -0.3 is 0 Å². The fraction of sp³-hybridized carbons (Fsp3) is 0. The third-order valence-electron chi connectivity index (χ3n) is 1.80. The fourth-order valence-corrected chi connectivity index (χ4v) is 1.64. The fourth-order valence-electron chi connectivity index (χ4n) is 1.17. The number of benzene rings is 1. The minimum atomic E-state index is 0.583. The molecule has 0 unspecified atom stereocenters. The zero-order chi connectivity index (χ0) is 9.26. The molecule has 0 aliphatic rings. The SMILES string of the molecule is N#Cc1cnc2cccc(Br)c2c1. The molecule has 1 heterocycles. The second-order valence-corrected chi connectivity index (χ2v) is 3.50. The molecule has 1 aromatic carbocycles. The average Bonchev–Trinajstić information content (AvgIpc) is 2.18. The van der Waals surface area contributed by atoms with Gasteiger partial charge in [0.2, 0.25) is 0 Å². The van der Waals surface area contributed by atoms with Crippen molar-refractivity contribution >= 4 is 26.8 Å². The summed E-state index contributed by atoms with van der Waals surface area (Å²) in [7, 11) is 0. The van der Waals surface area contributed by atoms with Crippen molar-refractivity contribution in [3.63, 3.8) is 0 Å². The van der Waals surface area contributed by atoms with Crippen molar-refractivity contribution in [1.82, 2.24) is 4.98 Å². The van der Waals surface area contributed by atoms with Gasteiger partial charge in [0.25, 0.3) is 0 Å². The first-order chi connectivity index (χ1) is 6.31. The van der Waals surface area contributed by atoms with E-state index in [-0.39, 0.29) is 0 Å². The second-order valence-electron chi connectivity index (χ2n) is 2.64. The first-order valence-electron chi connectivity index (χ1n) is 3.75. The van der Waals surface area contributed by atoms with Crippen LogP contribution in [0.1, 0.15) is 5.56 Å². The molecule has 0 saturated heterocycles. The number of fused-ring (bicyclic) bond motifs is 1.